The molecule has 0 atom stereocenters. The molecule has 1 heterocycles. The summed E-state index contributed by atoms with van der Waals surface area (Å²) in [7, 11) is 0. The smallest absolute Gasteiger partial charge is 0.272 e. The first-order valence-electron chi connectivity index (χ1n) is 3.62. The van der Waals surface area contributed by atoms with E-state index in [9.17, 15) is 8.78 Å². The van der Waals surface area contributed by atoms with Crippen molar-refractivity contribution in [2.75, 3.05) is 6.61 Å². The first-order chi connectivity index (χ1) is 6.09. The summed E-state index contributed by atoms with van der Waals surface area (Å²) in [5.74, 6) is 0.253. The summed E-state index contributed by atoms with van der Waals surface area (Å²) < 4.78 is 29.1. The van der Waals surface area contributed by atoms with E-state index in [1.165, 1.54) is 6.20 Å². The number of alkyl halides is 2. The Labute approximate surface area is 83.1 Å². The van der Waals surface area contributed by atoms with Crippen molar-refractivity contribution in [3.8, 4) is 5.88 Å². The van der Waals surface area contributed by atoms with Crippen molar-refractivity contribution in [2.24, 2.45) is 0 Å². The number of halogens is 3. The predicted molar refractivity (Wildman–Crippen MR) is 48.2 cm³/mol. The molecule has 0 amide bonds. The molecule has 0 aliphatic carbocycles. The van der Waals surface area contributed by atoms with E-state index in [0.29, 0.717) is 0 Å². The fourth-order valence-electron chi connectivity index (χ4n) is 0.821. The molecular formula is C8H8BrF2NO. The Morgan fingerprint density at radius 1 is 1.62 bits per heavy atom. The van der Waals surface area contributed by atoms with Gasteiger partial charge < -0.3 is 4.74 Å². The molecule has 1 rings (SSSR count). The molecule has 0 aliphatic heterocycles. The molecule has 0 saturated carbocycles. The second kappa shape index (κ2) is 4.50. The van der Waals surface area contributed by atoms with Crippen LogP contribution in [0.15, 0.2) is 16.7 Å². The molecule has 13 heavy (non-hydrogen) atoms. The molecule has 0 radical (unpaired) electrons. The van der Waals surface area contributed by atoms with Crippen molar-refractivity contribution >= 4 is 15.9 Å². The number of ether oxygens (including phenoxy) is 1. The average Bonchev–Trinajstić information content (AvgIpc) is 2.02. The molecule has 0 spiro atoms. The first-order valence-corrected chi connectivity index (χ1v) is 4.42. The van der Waals surface area contributed by atoms with Gasteiger partial charge in [-0.3, -0.25) is 0 Å². The highest BCUT2D eigenvalue weighted by Crippen LogP contribution is 2.18. The van der Waals surface area contributed by atoms with Gasteiger partial charge in [-0.2, -0.15) is 0 Å². The summed E-state index contributed by atoms with van der Waals surface area (Å²) in [6.07, 6.45) is -0.960. The third-order valence-corrected chi connectivity index (χ3v) is 1.78. The lowest BCUT2D eigenvalue weighted by atomic mass is 10.3. The summed E-state index contributed by atoms with van der Waals surface area (Å²) in [6.45, 7) is 1.13. The third-order valence-electron chi connectivity index (χ3n) is 1.34. The molecule has 5 heteroatoms. The van der Waals surface area contributed by atoms with E-state index in [1.807, 2.05) is 0 Å². The van der Waals surface area contributed by atoms with Crippen LogP contribution in [-0.4, -0.2) is 18.0 Å². The van der Waals surface area contributed by atoms with Gasteiger partial charge in [0.15, 0.2) is 6.61 Å². The van der Waals surface area contributed by atoms with E-state index in [2.05, 4.69) is 20.9 Å². The summed E-state index contributed by atoms with van der Waals surface area (Å²) >= 11 is 3.21. The maximum atomic E-state index is 11.8. The number of hydrogen-bond donors (Lipinski definition) is 0. The van der Waals surface area contributed by atoms with Crippen LogP contribution in [0.3, 0.4) is 0 Å². The molecule has 0 saturated heterocycles. The van der Waals surface area contributed by atoms with E-state index in [0.717, 1.165) is 10.0 Å². The van der Waals surface area contributed by atoms with Crippen molar-refractivity contribution in [3.05, 3.63) is 22.3 Å². The molecule has 0 aliphatic rings. The van der Waals surface area contributed by atoms with Gasteiger partial charge in [0.2, 0.25) is 5.88 Å². The normalized spacial score (nSPS) is 10.5. The zero-order valence-electron chi connectivity index (χ0n) is 6.93. The first kappa shape index (κ1) is 10.4. The predicted octanol–water partition coefficient (Wildman–Crippen LogP) is 2.80. The Morgan fingerprint density at radius 2 is 2.31 bits per heavy atom. The third kappa shape index (κ3) is 3.26. The van der Waals surface area contributed by atoms with E-state index < -0.39 is 13.0 Å². The Bertz CT molecular complexity index is 293. The highest BCUT2D eigenvalue weighted by Gasteiger charge is 2.06. The molecule has 1 aromatic rings. The lowest BCUT2D eigenvalue weighted by molar-refractivity contribution is 0.0792. The van der Waals surface area contributed by atoms with E-state index in [4.69, 9.17) is 4.74 Å². The fraction of sp³-hybridized carbons (Fsp3) is 0.375. The molecule has 0 N–H and O–H groups in total. The maximum absolute atomic E-state index is 11.8. The van der Waals surface area contributed by atoms with Crippen LogP contribution in [-0.2, 0) is 0 Å². The Hall–Kier alpha value is -0.710. The molecule has 0 fully saturated rings. The monoisotopic (exact) mass is 251 g/mol. The van der Waals surface area contributed by atoms with Crippen LogP contribution >= 0.6 is 15.9 Å². The highest BCUT2D eigenvalue weighted by molar-refractivity contribution is 9.10. The number of nitrogens with zero attached hydrogens (tertiary/aromatic N) is 1. The van der Waals surface area contributed by atoms with Gasteiger partial charge in [-0.1, -0.05) is 0 Å². The molecular weight excluding hydrogens is 244 g/mol. The molecule has 0 bridgehead atoms. The van der Waals surface area contributed by atoms with Gasteiger partial charge in [-0.05, 0) is 28.9 Å². The van der Waals surface area contributed by atoms with Gasteiger partial charge in [0, 0.05) is 16.2 Å². The van der Waals surface area contributed by atoms with E-state index in [-0.39, 0.29) is 5.88 Å². The van der Waals surface area contributed by atoms with Crippen molar-refractivity contribution in [2.45, 2.75) is 13.3 Å². The van der Waals surface area contributed by atoms with Gasteiger partial charge in [0.25, 0.3) is 6.43 Å². The second-order valence-electron chi connectivity index (χ2n) is 2.48. The van der Waals surface area contributed by atoms with E-state index in [1.54, 1.807) is 13.0 Å². The SMILES string of the molecule is Cc1cc(Br)cnc1OCC(F)F. The zero-order chi connectivity index (χ0) is 9.84. The van der Waals surface area contributed by atoms with Crippen LogP contribution in [0.2, 0.25) is 0 Å². The summed E-state index contributed by atoms with van der Waals surface area (Å²) in [4.78, 5) is 3.85. The quantitative estimate of drug-likeness (QED) is 0.825. The molecule has 2 nitrogen and oxygen atoms in total. The summed E-state index contributed by atoms with van der Waals surface area (Å²) in [5.41, 5.74) is 0.732. The minimum Gasteiger partial charge on any atom is -0.471 e. The lowest BCUT2D eigenvalue weighted by Gasteiger charge is -2.06. The molecule has 72 valence electrons. The highest BCUT2D eigenvalue weighted by atomic mass is 79.9. The molecule has 0 aromatic carbocycles. The number of pyridine rings is 1. The lowest BCUT2D eigenvalue weighted by Crippen LogP contribution is -2.08. The van der Waals surface area contributed by atoms with E-state index >= 15 is 0 Å². The van der Waals surface area contributed by atoms with Crippen LogP contribution in [0, 0.1) is 6.92 Å². The van der Waals surface area contributed by atoms with Gasteiger partial charge in [0.1, 0.15) is 0 Å². The Kier molecular flexibility index (Phi) is 3.59. The van der Waals surface area contributed by atoms with Crippen LogP contribution in [0.4, 0.5) is 8.78 Å². The standard InChI is InChI=1S/C8H8BrF2NO/c1-5-2-6(9)3-12-8(5)13-4-7(10)11/h2-3,7H,4H2,1H3. The van der Waals surface area contributed by atoms with Crippen LogP contribution in [0.1, 0.15) is 5.56 Å². The minimum atomic E-state index is -2.47. The van der Waals surface area contributed by atoms with Gasteiger partial charge in [-0.15, -0.1) is 0 Å². The van der Waals surface area contributed by atoms with Crippen molar-refractivity contribution < 1.29 is 13.5 Å². The second-order valence-corrected chi connectivity index (χ2v) is 3.39. The topological polar surface area (TPSA) is 22.1 Å². The van der Waals surface area contributed by atoms with Gasteiger partial charge in [0.05, 0.1) is 0 Å². The summed E-state index contributed by atoms with van der Waals surface area (Å²) in [6, 6.07) is 1.76. The zero-order valence-corrected chi connectivity index (χ0v) is 8.51. The minimum absolute atomic E-state index is 0.253. The van der Waals surface area contributed by atoms with Crippen molar-refractivity contribution in [1.82, 2.24) is 4.98 Å². The number of hydrogen-bond acceptors (Lipinski definition) is 2. The largest absolute Gasteiger partial charge is 0.471 e. The van der Waals surface area contributed by atoms with Crippen LogP contribution in [0.5, 0.6) is 5.88 Å². The van der Waals surface area contributed by atoms with Gasteiger partial charge >= 0.3 is 0 Å². The van der Waals surface area contributed by atoms with Crippen molar-refractivity contribution in [1.29, 1.82) is 0 Å². The number of aromatic nitrogens is 1. The van der Waals surface area contributed by atoms with Crippen LogP contribution in [0.25, 0.3) is 0 Å². The average molecular weight is 252 g/mol. The molecule has 1 aromatic heterocycles. The fourth-order valence-corrected chi connectivity index (χ4v) is 1.27. The van der Waals surface area contributed by atoms with Crippen LogP contribution < -0.4 is 4.74 Å². The Morgan fingerprint density at radius 3 is 2.85 bits per heavy atom. The summed E-state index contributed by atoms with van der Waals surface area (Å²) in [5, 5.41) is 0. The maximum Gasteiger partial charge on any atom is 0.272 e. The Balaban J connectivity index is 2.67. The molecule has 0 unspecified atom stereocenters. The number of rotatable bonds is 3. The number of aryl methyl sites for hydroxylation is 1. The van der Waals surface area contributed by atoms with Gasteiger partial charge in [-0.25, -0.2) is 13.8 Å². The van der Waals surface area contributed by atoms with Crippen molar-refractivity contribution in [3.63, 3.8) is 0 Å².